The van der Waals surface area contributed by atoms with Crippen molar-refractivity contribution in [3.8, 4) is 16.9 Å². The van der Waals surface area contributed by atoms with Crippen molar-refractivity contribution in [3.63, 3.8) is 0 Å². The van der Waals surface area contributed by atoms with Gasteiger partial charge in [0.15, 0.2) is 0 Å². The molecule has 4 aromatic rings. The number of amides is 1. The first-order valence-corrected chi connectivity index (χ1v) is 13.5. The molecule has 1 amide bonds. The molecule has 9 nitrogen and oxygen atoms in total. The molecule has 2 aromatic carbocycles. The summed E-state index contributed by atoms with van der Waals surface area (Å²) in [5.74, 6) is -0.286. The van der Waals surface area contributed by atoms with Crippen LogP contribution in [0.4, 0.5) is 0 Å². The van der Waals surface area contributed by atoms with Crippen molar-refractivity contribution in [1.29, 1.82) is 0 Å². The molecule has 37 heavy (non-hydrogen) atoms. The van der Waals surface area contributed by atoms with E-state index < -0.39 is 22.0 Å². The van der Waals surface area contributed by atoms with E-state index in [9.17, 15) is 13.2 Å². The first kappa shape index (κ1) is 25.5. The van der Waals surface area contributed by atoms with Crippen LogP contribution >= 0.6 is 23.2 Å². The first-order chi connectivity index (χ1) is 17.7. The van der Waals surface area contributed by atoms with Gasteiger partial charge in [-0.05, 0) is 53.6 Å². The number of ether oxygens (including phenoxy) is 2. The van der Waals surface area contributed by atoms with Crippen LogP contribution < -0.4 is 10.5 Å². The van der Waals surface area contributed by atoms with E-state index in [2.05, 4.69) is 9.97 Å². The van der Waals surface area contributed by atoms with E-state index in [1.54, 1.807) is 30.5 Å². The highest BCUT2D eigenvalue weighted by molar-refractivity contribution is 7.89. The molecule has 1 aliphatic rings. The fourth-order valence-corrected chi connectivity index (χ4v) is 6.40. The Bertz CT molecular complexity index is 1590. The summed E-state index contributed by atoms with van der Waals surface area (Å²) in [5, 5.41) is 1.02. The van der Waals surface area contributed by atoms with E-state index in [1.165, 1.54) is 10.4 Å². The summed E-state index contributed by atoms with van der Waals surface area (Å²) in [6, 6.07) is 15.7. The molecule has 0 unspecified atom stereocenters. The Morgan fingerprint density at radius 3 is 2.76 bits per heavy atom. The molecule has 1 saturated heterocycles. The molecule has 0 spiro atoms. The van der Waals surface area contributed by atoms with E-state index in [1.807, 2.05) is 24.3 Å². The first-order valence-electron chi connectivity index (χ1n) is 11.3. The summed E-state index contributed by atoms with van der Waals surface area (Å²) < 4.78 is 40.4. The third kappa shape index (κ3) is 5.29. The molecular weight excluding hydrogens is 539 g/mol. The number of primary amides is 1. The van der Waals surface area contributed by atoms with Gasteiger partial charge in [0, 0.05) is 35.2 Å². The summed E-state index contributed by atoms with van der Waals surface area (Å²) in [5.41, 5.74) is 7.54. The van der Waals surface area contributed by atoms with Crippen molar-refractivity contribution >= 4 is 50.0 Å². The van der Waals surface area contributed by atoms with Crippen LogP contribution in [0.15, 0.2) is 65.7 Å². The van der Waals surface area contributed by atoms with Gasteiger partial charge in [0.05, 0.1) is 6.61 Å². The monoisotopic (exact) mass is 560 g/mol. The SMILES string of the molecule is NC(=O)c1[nH]c2ccc(Cl)cc2c1S(=O)(=O)N1CCO[C@H](COc2cccc(-c3ccnc(Cl)c3)c2)C1. The largest absolute Gasteiger partial charge is 0.491 e. The maximum absolute atomic E-state index is 13.7. The fourth-order valence-electron chi connectivity index (χ4n) is 4.26. The zero-order valence-electron chi connectivity index (χ0n) is 19.4. The minimum Gasteiger partial charge on any atom is -0.491 e. The van der Waals surface area contributed by atoms with Crippen molar-refractivity contribution in [2.45, 2.75) is 11.0 Å². The summed E-state index contributed by atoms with van der Waals surface area (Å²) in [4.78, 5) is 18.7. The average Bonchev–Trinajstić information content (AvgIpc) is 3.28. The molecule has 1 aliphatic heterocycles. The number of hydrogen-bond acceptors (Lipinski definition) is 6. The maximum Gasteiger partial charge on any atom is 0.266 e. The third-order valence-corrected chi connectivity index (χ3v) is 8.38. The van der Waals surface area contributed by atoms with Crippen LogP contribution in [-0.4, -0.2) is 61.0 Å². The number of carbonyl (C=O) groups excluding carboxylic acids is 1. The van der Waals surface area contributed by atoms with E-state index in [0.717, 1.165) is 11.1 Å². The van der Waals surface area contributed by atoms with Gasteiger partial charge in [-0.25, -0.2) is 13.4 Å². The van der Waals surface area contributed by atoms with Gasteiger partial charge in [-0.2, -0.15) is 4.31 Å². The van der Waals surface area contributed by atoms with Crippen molar-refractivity contribution < 1.29 is 22.7 Å². The number of carbonyl (C=O) groups is 1. The molecule has 1 fully saturated rings. The van der Waals surface area contributed by atoms with Crippen LogP contribution in [0.25, 0.3) is 22.0 Å². The van der Waals surface area contributed by atoms with E-state index >= 15 is 0 Å². The Morgan fingerprint density at radius 2 is 1.97 bits per heavy atom. The van der Waals surface area contributed by atoms with Gasteiger partial charge >= 0.3 is 0 Å². The van der Waals surface area contributed by atoms with E-state index in [-0.39, 0.29) is 36.9 Å². The number of morpholine rings is 1. The smallest absolute Gasteiger partial charge is 0.266 e. The lowest BCUT2D eigenvalue weighted by atomic mass is 10.1. The Morgan fingerprint density at radius 1 is 1.16 bits per heavy atom. The number of pyridine rings is 1. The number of nitrogens with two attached hydrogens (primary N) is 1. The lowest BCUT2D eigenvalue weighted by Gasteiger charge is -2.32. The predicted octanol–water partition coefficient (Wildman–Crippen LogP) is 4.10. The van der Waals surface area contributed by atoms with Crippen molar-refractivity contribution in [3.05, 3.63) is 76.7 Å². The van der Waals surface area contributed by atoms with Crippen LogP contribution in [0, 0.1) is 0 Å². The standard InChI is InChI=1S/C25H22Cl2N4O5S/c26-17-4-5-21-20(12-17)24(23(30-21)25(28)32)37(33,34)31-8-9-35-19(13-31)14-36-18-3-1-2-15(10-18)16-6-7-29-22(27)11-16/h1-7,10-12,19,30H,8-9,13-14H2,(H2,28,32)/t19-/m0/s1. The van der Waals surface area contributed by atoms with Gasteiger partial charge in [0.2, 0.25) is 10.0 Å². The predicted molar refractivity (Wildman–Crippen MR) is 141 cm³/mol. The van der Waals surface area contributed by atoms with Crippen molar-refractivity contribution in [2.24, 2.45) is 5.73 Å². The molecule has 3 heterocycles. The molecule has 2 aromatic heterocycles. The topological polar surface area (TPSA) is 128 Å². The summed E-state index contributed by atoms with van der Waals surface area (Å²) in [6.45, 7) is 0.433. The molecule has 192 valence electrons. The maximum atomic E-state index is 13.7. The summed E-state index contributed by atoms with van der Waals surface area (Å²) in [6.07, 6.45) is 1.09. The van der Waals surface area contributed by atoms with Gasteiger partial charge in [-0.3, -0.25) is 4.79 Å². The lowest BCUT2D eigenvalue weighted by molar-refractivity contribution is -0.0249. The Hall–Kier alpha value is -3.15. The third-order valence-electron chi connectivity index (χ3n) is 5.99. The number of hydrogen-bond donors (Lipinski definition) is 2. The molecule has 1 atom stereocenters. The zero-order chi connectivity index (χ0) is 26.2. The van der Waals surface area contributed by atoms with Crippen LogP contribution in [-0.2, 0) is 14.8 Å². The molecule has 0 bridgehead atoms. The molecule has 0 radical (unpaired) electrons. The highest BCUT2D eigenvalue weighted by Crippen LogP contribution is 2.32. The average molecular weight is 561 g/mol. The Kier molecular flexibility index (Phi) is 7.11. The van der Waals surface area contributed by atoms with E-state index in [4.69, 9.17) is 38.4 Å². The molecule has 3 N–H and O–H groups in total. The quantitative estimate of drug-likeness (QED) is 0.327. The van der Waals surface area contributed by atoms with Gasteiger partial charge in [0.25, 0.3) is 5.91 Å². The number of rotatable bonds is 7. The number of nitrogens with zero attached hydrogens (tertiary/aromatic N) is 2. The lowest BCUT2D eigenvalue weighted by Crippen LogP contribution is -2.47. The molecule has 0 saturated carbocycles. The van der Waals surface area contributed by atoms with E-state index in [0.29, 0.717) is 26.8 Å². The number of aromatic nitrogens is 2. The molecule has 0 aliphatic carbocycles. The van der Waals surface area contributed by atoms with Gasteiger partial charge in [0.1, 0.15) is 34.2 Å². The number of aromatic amines is 1. The molecule has 5 rings (SSSR count). The van der Waals surface area contributed by atoms with Gasteiger partial charge in [-0.1, -0.05) is 35.3 Å². The van der Waals surface area contributed by atoms with Crippen LogP contribution in [0.1, 0.15) is 10.5 Å². The fraction of sp³-hybridized carbons (Fsp3) is 0.200. The second-order valence-corrected chi connectivity index (χ2v) is 11.1. The zero-order valence-corrected chi connectivity index (χ0v) is 21.7. The van der Waals surface area contributed by atoms with Crippen LogP contribution in [0.2, 0.25) is 10.2 Å². The molecule has 12 heteroatoms. The van der Waals surface area contributed by atoms with Crippen molar-refractivity contribution in [1.82, 2.24) is 14.3 Å². The highest BCUT2D eigenvalue weighted by Gasteiger charge is 2.36. The summed E-state index contributed by atoms with van der Waals surface area (Å²) >= 11 is 12.1. The molecular formula is C25H22Cl2N4O5S. The number of benzene rings is 2. The summed E-state index contributed by atoms with van der Waals surface area (Å²) in [7, 11) is -4.11. The van der Waals surface area contributed by atoms with Gasteiger partial charge < -0.3 is 20.2 Å². The number of nitrogens with one attached hydrogen (secondary N) is 1. The second-order valence-electron chi connectivity index (χ2n) is 8.45. The Balaban J connectivity index is 1.35. The van der Waals surface area contributed by atoms with Crippen molar-refractivity contribution in [2.75, 3.05) is 26.3 Å². The second kappa shape index (κ2) is 10.3. The Labute approximate surface area is 223 Å². The van der Waals surface area contributed by atoms with Crippen LogP contribution in [0.3, 0.4) is 0 Å². The van der Waals surface area contributed by atoms with Crippen LogP contribution in [0.5, 0.6) is 5.75 Å². The minimum absolute atomic E-state index is 0.0351. The normalized spacial score (nSPS) is 16.6. The number of fused-ring (bicyclic) bond motifs is 1. The highest BCUT2D eigenvalue weighted by atomic mass is 35.5. The van der Waals surface area contributed by atoms with Gasteiger partial charge in [-0.15, -0.1) is 0 Å². The number of halogens is 2. The minimum atomic E-state index is -4.11. The number of sulfonamides is 1. The number of H-pyrrole nitrogens is 1.